The van der Waals surface area contributed by atoms with Crippen molar-refractivity contribution in [2.75, 3.05) is 20.0 Å². The van der Waals surface area contributed by atoms with Gasteiger partial charge in [-0.05, 0) is 11.1 Å². The summed E-state index contributed by atoms with van der Waals surface area (Å²) in [5.41, 5.74) is 2.60. The molecule has 0 bridgehead atoms. The lowest BCUT2D eigenvalue weighted by molar-refractivity contribution is 0.207. The van der Waals surface area contributed by atoms with Crippen LogP contribution in [-0.2, 0) is 14.2 Å². The van der Waals surface area contributed by atoms with Crippen molar-refractivity contribution in [1.29, 1.82) is 0 Å². The van der Waals surface area contributed by atoms with Crippen LogP contribution in [0.1, 0.15) is 17.5 Å². The molecule has 22 heavy (non-hydrogen) atoms. The summed E-state index contributed by atoms with van der Waals surface area (Å²) in [5, 5.41) is 0. The van der Waals surface area contributed by atoms with Gasteiger partial charge in [-0.25, -0.2) is 0 Å². The highest BCUT2D eigenvalue weighted by atomic mass is 32.2. The maximum absolute atomic E-state index is 5.63. The van der Waals surface area contributed by atoms with Crippen molar-refractivity contribution in [3.8, 4) is 0 Å². The zero-order chi connectivity index (χ0) is 15.4. The molecule has 2 aromatic carbocycles. The van der Waals surface area contributed by atoms with E-state index in [2.05, 4.69) is 60.7 Å². The first-order valence-electron chi connectivity index (χ1n) is 7.35. The van der Waals surface area contributed by atoms with Crippen molar-refractivity contribution < 1.29 is 9.47 Å². The largest absolute Gasteiger partial charge is 0.497 e. The van der Waals surface area contributed by atoms with E-state index in [0.717, 1.165) is 23.7 Å². The summed E-state index contributed by atoms with van der Waals surface area (Å²) in [6, 6.07) is 21.3. The summed E-state index contributed by atoms with van der Waals surface area (Å²) in [4.78, 5) is 0. The first kappa shape index (κ1) is 15.0. The molecule has 0 aliphatic carbocycles. The van der Waals surface area contributed by atoms with E-state index in [0.29, 0.717) is 0 Å². The number of rotatable bonds is 4. The van der Waals surface area contributed by atoms with Gasteiger partial charge in [-0.3, -0.25) is 0 Å². The summed E-state index contributed by atoms with van der Waals surface area (Å²) in [5.74, 6) is 2.69. The fourth-order valence-corrected chi connectivity index (χ4v) is 4.45. The van der Waals surface area contributed by atoms with Crippen LogP contribution in [0.4, 0.5) is 0 Å². The molecule has 0 atom stereocenters. The maximum Gasteiger partial charge on any atom is 0.143 e. The lowest BCUT2D eigenvalue weighted by atomic mass is 9.86. The Morgan fingerprint density at radius 1 is 0.773 bits per heavy atom. The molecular weight excluding hydrogens is 292 g/mol. The molecule has 0 saturated carbocycles. The molecule has 0 fully saturated rings. The Kier molecular flexibility index (Phi) is 4.44. The molecule has 1 heterocycles. The van der Waals surface area contributed by atoms with Crippen LogP contribution in [-0.4, -0.2) is 20.0 Å². The Hall–Kier alpha value is -1.87. The van der Waals surface area contributed by atoms with Gasteiger partial charge in [0.15, 0.2) is 0 Å². The van der Waals surface area contributed by atoms with Crippen molar-refractivity contribution in [1.82, 2.24) is 0 Å². The van der Waals surface area contributed by atoms with Crippen LogP contribution < -0.4 is 0 Å². The Labute approximate surface area is 136 Å². The molecule has 2 nitrogen and oxygen atoms in total. The van der Waals surface area contributed by atoms with Gasteiger partial charge in [0.05, 0.1) is 24.7 Å². The molecule has 0 aromatic heterocycles. The van der Waals surface area contributed by atoms with Crippen LogP contribution >= 0.6 is 11.8 Å². The monoisotopic (exact) mass is 312 g/mol. The van der Waals surface area contributed by atoms with E-state index in [1.165, 1.54) is 11.1 Å². The molecule has 114 valence electrons. The van der Waals surface area contributed by atoms with Crippen LogP contribution in [0.15, 0.2) is 72.2 Å². The van der Waals surface area contributed by atoms with Gasteiger partial charge in [0.1, 0.15) is 11.5 Å². The van der Waals surface area contributed by atoms with Crippen LogP contribution in [0.25, 0.3) is 0 Å². The minimum atomic E-state index is -0.129. The van der Waals surface area contributed by atoms with Crippen LogP contribution in [0.5, 0.6) is 0 Å². The third-order valence-electron chi connectivity index (χ3n) is 4.14. The smallest absolute Gasteiger partial charge is 0.143 e. The fourth-order valence-electron chi connectivity index (χ4n) is 2.96. The standard InChI is InChI=1S/C19H20O2S/c1-20-17-13-19(22-14-18(17)21-2,15-9-5-3-6-10-15)16-11-7-4-8-12-16/h3-12H,13-14H2,1-2H3. The van der Waals surface area contributed by atoms with Crippen molar-refractivity contribution in [2.45, 2.75) is 11.2 Å². The Morgan fingerprint density at radius 3 is 1.73 bits per heavy atom. The highest BCUT2D eigenvalue weighted by Gasteiger charge is 2.40. The second kappa shape index (κ2) is 6.49. The first-order chi connectivity index (χ1) is 10.8. The molecule has 1 aliphatic rings. The second-order valence-electron chi connectivity index (χ2n) is 5.28. The van der Waals surface area contributed by atoms with Crippen molar-refractivity contribution >= 4 is 11.8 Å². The fraction of sp³-hybridized carbons (Fsp3) is 0.263. The number of hydrogen-bond donors (Lipinski definition) is 0. The third kappa shape index (κ3) is 2.61. The van der Waals surface area contributed by atoms with Gasteiger partial charge in [-0.15, -0.1) is 11.8 Å². The lowest BCUT2D eigenvalue weighted by Gasteiger charge is -2.38. The number of allylic oxidation sites excluding steroid dienone is 1. The topological polar surface area (TPSA) is 18.5 Å². The first-order valence-corrected chi connectivity index (χ1v) is 8.34. The predicted octanol–water partition coefficient (Wildman–Crippen LogP) is 4.57. The van der Waals surface area contributed by atoms with E-state index in [1.807, 2.05) is 11.8 Å². The number of benzene rings is 2. The van der Waals surface area contributed by atoms with Crippen molar-refractivity contribution in [3.05, 3.63) is 83.3 Å². The van der Waals surface area contributed by atoms with E-state index in [4.69, 9.17) is 9.47 Å². The number of ether oxygens (including phenoxy) is 2. The van der Waals surface area contributed by atoms with Gasteiger partial charge in [0, 0.05) is 6.42 Å². The molecule has 0 unspecified atom stereocenters. The lowest BCUT2D eigenvalue weighted by Crippen LogP contribution is -2.29. The second-order valence-corrected chi connectivity index (χ2v) is 6.55. The van der Waals surface area contributed by atoms with Crippen molar-refractivity contribution in [2.24, 2.45) is 0 Å². The Balaban J connectivity index is 2.13. The highest BCUT2D eigenvalue weighted by Crippen LogP contribution is 2.51. The van der Waals surface area contributed by atoms with Gasteiger partial charge in [0.25, 0.3) is 0 Å². The minimum Gasteiger partial charge on any atom is -0.497 e. The highest BCUT2D eigenvalue weighted by molar-refractivity contribution is 8.00. The zero-order valence-electron chi connectivity index (χ0n) is 12.9. The zero-order valence-corrected chi connectivity index (χ0v) is 13.7. The average Bonchev–Trinajstić information content (AvgIpc) is 2.62. The summed E-state index contributed by atoms with van der Waals surface area (Å²) >= 11 is 1.91. The van der Waals surface area contributed by atoms with E-state index < -0.39 is 0 Å². The molecule has 0 saturated heterocycles. The summed E-state index contributed by atoms with van der Waals surface area (Å²) < 4.78 is 11.0. The van der Waals surface area contributed by atoms with Crippen molar-refractivity contribution in [3.63, 3.8) is 0 Å². The Bertz CT molecular complexity index is 610. The molecule has 0 N–H and O–H groups in total. The van der Waals surface area contributed by atoms with E-state index in [9.17, 15) is 0 Å². The summed E-state index contributed by atoms with van der Waals surface area (Å²) in [6.45, 7) is 0. The van der Waals surface area contributed by atoms with E-state index in [-0.39, 0.29) is 4.75 Å². The quantitative estimate of drug-likeness (QED) is 0.824. The minimum absolute atomic E-state index is 0.129. The number of thioether (sulfide) groups is 1. The van der Waals surface area contributed by atoms with Gasteiger partial charge in [-0.2, -0.15) is 0 Å². The Morgan fingerprint density at radius 2 is 1.27 bits per heavy atom. The van der Waals surface area contributed by atoms with Crippen LogP contribution in [0.3, 0.4) is 0 Å². The summed E-state index contributed by atoms with van der Waals surface area (Å²) in [6.07, 6.45) is 0.797. The molecule has 3 rings (SSSR count). The molecule has 2 aromatic rings. The molecule has 1 aliphatic heterocycles. The molecule has 0 spiro atoms. The molecule has 0 radical (unpaired) electrons. The SMILES string of the molecule is COC1=C(OC)CC(c2ccccc2)(c2ccccc2)SC1. The van der Waals surface area contributed by atoms with Gasteiger partial charge in [0.2, 0.25) is 0 Å². The predicted molar refractivity (Wildman–Crippen MR) is 91.8 cm³/mol. The molecule has 3 heteroatoms. The van der Waals surface area contributed by atoms with Crippen LogP contribution in [0.2, 0.25) is 0 Å². The average molecular weight is 312 g/mol. The normalized spacial score (nSPS) is 17.2. The van der Waals surface area contributed by atoms with Crippen LogP contribution in [0, 0.1) is 0 Å². The maximum atomic E-state index is 5.63. The van der Waals surface area contributed by atoms with E-state index in [1.54, 1.807) is 14.2 Å². The number of methoxy groups -OCH3 is 2. The summed E-state index contributed by atoms with van der Waals surface area (Å²) in [7, 11) is 3.44. The van der Waals surface area contributed by atoms with Gasteiger partial charge in [-0.1, -0.05) is 60.7 Å². The number of hydrogen-bond acceptors (Lipinski definition) is 3. The van der Waals surface area contributed by atoms with E-state index >= 15 is 0 Å². The molecular formula is C19H20O2S. The molecule has 0 amide bonds. The third-order valence-corrected chi connectivity index (χ3v) is 5.66. The van der Waals surface area contributed by atoms with Gasteiger partial charge < -0.3 is 9.47 Å². The van der Waals surface area contributed by atoms with Gasteiger partial charge >= 0.3 is 0 Å².